The molecule has 0 fully saturated rings. The Morgan fingerprint density at radius 3 is 2.60 bits per heavy atom. The van der Waals surface area contributed by atoms with E-state index in [1.807, 2.05) is 18.2 Å². The van der Waals surface area contributed by atoms with E-state index in [0.29, 0.717) is 24.5 Å². The van der Waals surface area contributed by atoms with Crippen LogP contribution in [-0.2, 0) is 0 Å². The maximum absolute atomic E-state index is 9.30. The number of aromatic nitrogens is 1. The molecule has 5 heteroatoms. The molecule has 2 aromatic rings. The van der Waals surface area contributed by atoms with E-state index in [4.69, 9.17) is 9.47 Å². The maximum atomic E-state index is 9.30. The normalized spacial score (nSPS) is 12.2. The first-order valence-electron chi connectivity index (χ1n) is 6.58. The second-order valence-electron chi connectivity index (χ2n) is 4.65. The van der Waals surface area contributed by atoms with Gasteiger partial charge in [-0.25, -0.2) is 4.98 Å². The van der Waals surface area contributed by atoms with Crippen LogP contribution in [0.5, 0.6) is 11.5 Å². The molecular formula is C15H20N2O3. The van der Waals surface area contributed by atoms with Crippen LogP contribution in [0.4, 0.5) is 5.82 Å². The second-order valence-corrected chi connectivity index (χ2v) is 4.65. The number of hydrogen-bond donors (Lipinski definition) is 2. The van der Waals surface area contributed by atoms with Crippen LogP contribution in [0.2, 0.25) is 0 Å². The van der Waals surface area contributed by atoms with Crippen LogP contribution in [0.15, 0.2) is 24.4 Å². The molecule has 0 amide bonds. The van der Waals surface area contributed by atoms with Crippen molar-refractivity contribution in [3.63, 3.8) is 0 Å². The van der Waals surface area contributed by atoms with Crippen molar-refractivity contribution >= 4 is 16.6 Å². The van der Waals surface area contributed by atoms with Gasteiger partial charge in [-0.1, -0.05) is 0 Å². The van der Waals surface area contributed by atoms with Gasteiger partial charge in [0.25, 0.3) is 0 Å². The van der Waals surface area contributed by atoms with Gasteiger partial charge in [0.2, 0.25) is 0 Å². The molecule has 5 nitrogen and oxygen atoms in total. The highest BCUT2D eigenvalue weighted by atomic mass is 16.5. The maximum Gasteiger partial charge on any atom is 0.161 e. The molecule has 1 aromatic heterocycles. The molecule has 1 heterocycles. The molecule has 0 bridgehead atoms. The molecule has 0 radical (unpaired) electrons. The molecule has 0 aliphatic rings. The summed E-state index contributed by atoms with van der Waals surface area (Å²) >= 11 is 0. The van der Waals surface area contributed by atoms with E-state index >= 15 is 0 Å². The molecule has 0 saturated carbocycles. The van der Waals surface area contributed by atoms with Crippen LogP contribution >= 0.6 is 0 Å². The number of aliphatic hydroxyl groups is 1. The molecule has 1 unspecified atom stereocenters. The fraction of sp³-hybridized carbons (Fsp3) is 0.400. The van der Waals surface area contributed by atoms with Crippen molar-refractivity contribution in [2.45, 2.75) is 19.4 Å². The largest absolute Gasteiger partial charge is 0.493 e. The third-order valence-corrected chi connectivity index (χ3v) is 3.12. The Bertz CT molecular complexity index is 585. The highest BCUT2D eigenvalue weighted by Crippen LogP contribution is 2.34. The first kappa shape index (κ1) is 14.4. The Balaban J connectivity index is 2.35. The molecule has 0 aliphatic heterocycles. The van der Waals surface area contributed by atoms with Crippen molar-refractivity contribution in [1.29, 1.82) is 0 Å². The number of aliphatic hydroxyl groups excluding tert-OH is 1. The predicted molar refractivity (Wildman–Crippen MR) is 79.6 cm³/mol. The van der Waals surface area contributed by atoms with Crippen molar-refractivity contribution in [2.24, 2.45) is 0 Å². The Labute approximate surface area is 118 Å². The quantitative estimate of drug-likeness (QED) is 0.848. The molecule has 2 rings (SSSR count). The van der Waals surface area contributed by atoms with Gasteiger partial charge >= 0.3 is 0 Å². The van der Waals surface area contributed by atoms with Gasteiger partial charge < -0.3 is 19.9 Å². The van der Waals surface area contributed by atoms with E-state index in [1.54, 1.807) is 27.3 Å². The predicted octanol–water partition coefficient (Wildman–Crippen LogP) is 2.43. The van der Waals surface area contributed by atoms with Gasteiger partial charge in [0.05, 0.1) is 20.3 Å². The van der Waals surface area contributed by atoms with Gasteiger partial charge in [0, 0.05) is 18.1 Å². The average Bonchev–Trinajstić information content (AvgIpc) is 2.45. The van der Waals surface area contributed by atoms with Crippen LogP contribution in [0, 0.1) is 0 Å². The minimum atomic E-state index is -0.327. The van der Waals surface area contributed by atoms with Gasteiger partial charge in [0.1, 0.15) is 5.82 Å². The fourth-order valence-corrected chi connectivity index (χ4v) is 2.04. The number of ether oxygens (including phenoxy) is 2. The van der Waals surface area contributed by atoms with Crippen LogP contribution in [0.3, 0.4) is 0 Å². The highest BCUT2D eigenvalue weighted by molar-refractivity contribution is 5.94. The molecule has 2 N–H and O–H groups in total. The average molecular weight is 276 g/mol. The monoisotopic (exact) mass is 276 g/mol. The van der Waals surface area contributed by atoms with Gasteiger partial charge in [-0.3, -0.25) is 0 Å². The standard InChI is InChI=1S/C15H20N2O3/c1-10(18)4-6-16-15-12-9-14(20-3)13(19-2)8-11(12)5-7-17-15/h5,7-10,18H,4,6H2,1-3H3,(H,16,17). The summed E-state index contributed by atoms with van der Waals surface area (Å²) in [5, 5.41) is 14.5. The highest BCUT2D eigenvalue weighted by Gasteiger charge is 2.09. The lowest BCUT2D eigenvalue weighted by molar-refractivity contribution is 0.188. The lowest BCUT2D eigenvalue weighted by Gasteiger charge is -2.13. The molecule has 1 atom stereocenters. The first-order chi connectivity index (χ1) is 9.65. The summed E-state index contributed by atoms with van der Waals surface area (Å²) in [6.45, 7) is 2.43. The Kier molecular flexibility index (Phi) is 4.63. The van der Waals surface area contributed by atoms with Crippen LogP contribution in [0.25, 0.3) is 10.8 Å². The topological polar surface area (TPSA) is 63.6 Å². The summed E-state index contributed by atoms with van der Waals surface area (Å²) in [6, 6.07) is 5.76. The zero-order valence-electron chi connectivity index (χ0n) is 12.0. The molecule has 20 heavy (non-hydrogen) atoms. The second kappa shape index (κ2) is 6.43. The molecule has 1 aromatic carbocycles. The van der Waals surface area contributed by atoms with Gasteiger partial charge in [-0.05, 0) is 36.9 Å². The third-order valence-electron chi connectivity index (χ3n) is 3.12. The van der Waals surface area contributed by atoms with Crippen LogP contribution in [-0.4, -0.2) is 37.0 Å². The van der Waals surface area contributed by atoms with E-state index in [1.165, 1.54) is 0 Å². The van der Waals surface area contributed by atoms with Crippen molar-refractivity contribution in [2.75, 3.05) is 26.1 Å². The molecule has 0 saturated heterocycles. The zero-order valence-corrected chi connectivity index (χ0v) is 12.0. The minimum Gasteiger partial charge on any atom is -0.493 e. The van der Waals surface area contributed by atoms with E-state index in [2.05, 4.69) is 10.3 Å². The summed E-state index contributed by atoms with van der Waals surface area (Å²) in [5.41, 5.74) is 0. The molecule has 0 aliphatic carbocycles. The minimum absolute atomic E-state index is 0.327. The molecular weight excluding hydrogens is 256 g/mol. The van der Waals surface area contributed by atoms with Gasteiger partial charge in [-0.15, -0.1) is 0 Å². The Hall–Kier alpha value is -2.01. The third kappa shape index (κ3) is 3.11. The number of anilines is 1. The van der Waals surface area contributed by atoms with Crippen molar-refractivity contribution < 1.29 is 14.6 Å². The summed E-state index contributed by atoms with van der Waals surface area (Å²) in [6.07, 6.45) is 2.09. The molecule has 0 spiro atoms. The van der Waals surface area contributed by atoms with E-state index in [9.17, 15) is 5.11 Å². The zero-order chi connectivity index (χ0) is 14.5. The number of nitrogens with one attached hydrogen (secondary N) is 1. The number of pyridine rings is 1. The summed E-state index contributed by atoms with van der Waals surface area (Å²) in [4.78, 5) is 4.35. The van der Waals surface area contributed by atoms with Gasteiger partial charge in [-0.2, -0.15) is 0 Å². The van der Waals surface area contributed by atoms with Crippen molar-refractivity contribution in [1.82, 2.24) is 4.98 Å². The lowest BCUT2D eigenvalue weighted by Crippen LogP contribution is -2.10. The van der Waals surface area contributed by atoms with Crippen LogP contribution < -0.4 is 14.8 Å². The number of hydrogen-bond acceptors (Lipinski definition) is 5. The number of fused-ring (bicyclic) bond motifs is 1. The number of methoxy groups -OCH3 is 2. The van der Waals surface area contributed by atoms with E-state index in [-0.39, 0.29) is 6.10 Å². The van der Waals surface area contributed by atoms with E-state index < -0.39 is 0 Å². The van der Waals surface area contributed by atoms with Gasteiger partial charge in [0.15, 0.2) is 11.5 Å². The van der Waals surface area contributed by atoms with Crippen LogP contribution in [0.1, 0.15) is 13.3 Å². The number of rotatable bonds is 6. The Morgan fingerprint density at radius 1 is 1.25 bits per heavy atom. The van der Waals surface area contributed by atoms with E-state index in [0.717, 1.165) is 16.6 Å². The summed E-state index contributed by atoms with van der Waals surface area (Å²) in [5.74, 6) is 2.15. The lowest BCUT2D eigenvalue weighted by atomic mass is 10.1. The smallest absolute Gasteiger partial charge is 0.161 e. The van der Waals surface area contributed by atoms with Crippen molar-refractivity contribution in [3.8, 4) is 11.5 Å². The summed E-state index contributed by atoms with van der Waals surface area (Å²) < 4.78 is 10.6. The van der Waals surface area contributed by atoms with Crippen molar-refractivity contribution in [3.05, 3.63) is 24.4 Å². The molecule has 108 valence electrons. The number of benzene rings is 1. The number of nitrogens with zero attached hydrogens (tertiary/aromatic N) is 1. The SMILES string of the molecule is COc1cc2ccnc(NCCC(C)O)c2cc1OC. The Morgan fingerprint density at radius 2 is 1.95 bits per heavy atom. The fourth-order valence-electron chi connectivity index (χ4n) is 2.04. The summed E-state index contributed by atoms with van der Waals surface area (Å²) in [7, 11) is 3.23. The first-order valence-corrected chi connectivity index (χ1v) is 6.58.